The van der Waals surface area contributed by atoms with Crippen LogP contribution in [0.5, 0.6) is 0 Å². The number of carbonyl (C=O) groups excluding carboxylic acids is 2. The van der Waals surface area contributed by atoms with Crippen LogP contribution >= 0.6 is 11.8 Å². The van der Waals surface area contributed by atoms with E-state index >= 15 is 0 Å². The lowest BCUT2D eigenvalue weighted by molar-refractivity contribution is -0.118. The molecule has 1 aromatic heterocycles. The minimum absolute atomic E-state index is 0.110. The predicted octanol–water partition coefficient (Wildman–Crippen LogP) is 5.35. The molecule has 2 atom stereocenters. The molecule has 1 aromatic carbocycles. The van der Waals surface area contributed by atoms with Gasteiger partial charge in [0.05, 0.1) is 29.4 Å². The lowest BCUT2D eigenvalue weighted by Gasteiger charge is -2.25. The first-order valence-corrected chi connectivity index (χ1v) is 12.6. The van der Waals surface area contributed by atoms with Crippen LogP contribution in [0.3, 0.4) is 0 Å². The van der Waals surface area contributed by atoms with Crippen molar-refractivity contribution in [2.45, 2.75) is 64.3 Å². The summed E-state index contributed by atoms with van der Waals surface area (Å²) >= 11 is 1.51. The molecule has 0 saturated heterocycles. The SMILES string of the molecule is CCCCC(NCC(CC(C)C)NC(=O)c1ccc(F)cc1F)C(=O)CSCc1ccco1. The van der Waals surface area contributed by atoms with E-state index in [9.17, 15) is 18.4 Å². The van der Waals surface area contributed by atoms with Gasteiger partial charge < -0.3 is 15.1 Å². The Morgan fingerprint density at radius 2 is 1.97 bits per heavy atom. The van der Waals surface area contributed by atoms with Crippen molar-refractivity contribution in [2.75, 3.05) is 12.3 Å². The van der Waals surface area contributed by atoms with Crippen LogP contribution in [-0.4, -0.2) is 36.1 Å². The van der Waals surface area contributed by atoms with Gasteiger partial charge in [-0.1, -0.05) is 33.6 Å². The first kappa shape index (κ1) is 27.1. The number of carbonyl (C=O) groups is 2. The molecular weight excluding hydrogens is 446 g/mol. The fourth-order valence-electron chi connectivity index (χ4n) is 3.52. The van der Waals surface area contributed by atoms with Crippen LogP contribution in [0.1, 0.15) is 62.6 Å². The number of benzene rings is 1. The summed E-state index contributed by atoms with van der Waals surface area (Å²) in [6.45, 7) is 6.52. The van der Waals surface area contributed by atoms with Gasteiger partial charge in [0.25, 0.3) is 5.91 Å². The second-order valence-corrected chi connectivity index (χ2v) is 9.55. The standard InChI is InChI=1S/C25H34F2N2O3S/c1-4-5-8-23(24(30)16-33-15-20-7-6-11-32-20)28-14-19(12-17(2)3)29-25(31)21-10-9-18(26)13-22(21)27/h6-7,9-11,13,17,19,23,28H,4-5,8,12,14-16H2,1-3H3,(H,29,31). The summed E-state index contributed by atoms with van der Waals surface area (Å²) in [4.78, 5) is 25.4. The van der Waals surface area contributed by atoms with E-state index in [1.54, 1.807) is 6.26 Å². The maximum absolute atomic E-state index is 14.0. The smallest absolute Gasteiger partial charge is 0.254 e. The third kappa shape index (κ3) is 9.68. The Kier molecular flexibility index (Phi) is 11.6. The molecule has 0 aliphatic heterocycles. The van der Waals surface area contributed by atoms with Gasteiger partial charge in [0, 0.05) is 18.7 Å². The number of unbranched alkanes of at least 4 members (excludes halogenated alkanes) is 1. The minimum Gasteiger partial charge on any atom is -0.468 e. The number of thioether (sulfide) groups is 1. The van der Waals surface area contributed by atoms with Crippen molar-refractivity contribution >= 4 is 23.5 Å². The predicted molar refractivity (Wildman–Crippen MR) is 128 cm³/mol. The number of halogens is 2. The summed E-state index contributed by atoms with van der Waals surface area (Å²) in [5, 5.41) is 6.17. The van der Waals surface area contributed by atoms with Crippen molar-refractivity contribution in [1.29, 1.82) is 0 Å². The van der Waals surface area contributed by atoms with Crippen LogP contribution in [0, 0.1) is 17.6 Å². The van der Waals surface area contributed by atoms with Gasteiger partial charge in [-0.05, 0) is 43.0 Å². The van der Waals surface area contributed by atoms with E-state index in [-0.39, 0.29) is 29.3 Å². The van der Waals surface area contributed by atoms with Gasteiger partial charge in [0.1, 0.15) is 17.4 Å². The Hall–Kier alpha value is -2.19. The lowest BCUT2D eigenvalue weighted by atomic mass is 10.0. The quantitative estimate of drug-likeness (QED) is 0.359. The van der Waals surface area contributed by atoms with Gasteiger partial charge in [0.2, 0.25) is 0 Å². The minimum atomic E-state index is -0.895. The second kappa shape index (κ2) is 14.2. The summed E-state index contributed by atoms with van der Waals surface area (Å²) in [5.41, 5.74) is -0.196. The molecular formula is C25H34F2N2O3S. The van der Waals surface area contributed by atoms with Gasteiger partial charge in [-0.2, -0.15) is 0 Å². The average molecular weight is 481 g/mol. The average Bonchev–Trinajstić information content (AvgIpc) is 3.26. The van der Waals surface area contributed by atoms with Crippen molar-refractivity contribution in [3.8, 4) is 0 Å². The molecule has 2 N–H and O–H groups in total. The number of rotatable bonds is 15. The third-order valence-corrected chi connectivity index (χ3v) is 6.16. The zero-order valence-electron chi connectivity index (χ0n) is 19.5. The van der Waals surface area contributed by atoms with Crippen LogP contribution < -0.4 is 10.6 Å². The topological polar surface area (TPSA) is 71.3 Å². The number of Topliss-reactive ketones (excluding diaryl/α,β-unsaturated/α-hetero) is 1. The summed E-state index contributed by atoms with van der Waals surface area (Å²) in [7, 11) is 0. The van der Waals surface area contributed by atoms with Crippen molar-refractivity contribution < 1.29 is 22.8 Å². The molecule has 8 heteroatoms. The van der Waals surface area contributed by atoms with E-state index in [1.165, 1.54) is 11.8 Å². The number of hydrogen-bond donors (Lipinski definition) is 2. The lowest BCUT2D eigenvalue weighted by Crippen LogP contribution is -2.48. The van der Waals surface area contributed by atoms with Crippen molar-refractivity contribution in [1.82, 2.24) is 10.6 Å². The van der Waals surface area contributed by atoms with E-state index in [2.05, 4.69) is 17.6 Å². The van der Waals surface area contributed by atoms with Gasteiger partial charge >= 0.3 is 0 Å². The van der Waals surface area contributed by atoms with Crippen LogP contribution in [0.2, 0.25) is 0 Å². The molecule has 0 bridgehead atoms. The molecule has 33 heavy (non-hydrogen) atoms. The Morgan fingerprint density at radius 1 is 1.18 bits per heavy atom. The highest BCUT2D eigenvalue weighted by Crippen LogP contribution is 2.15. The molecule has 0 radical (unpaired) electrons. The molecule has 0 aliphatic carbocycles. The summed E-state index contributed by atoms with van der Waals surface area (Å²) in [6.07, 6.45) is 4.87. The Balaban J connectivity index is 1.96. The van der Waals surface area contributed by atoms with E-state index in [1.807, 2.05) is 26.0 Å². The molecule has 1 heterocycles. The monoisotopic (exact) mass is 480 g/mol. The fourth-order valence-corrected chi connectivity index (χ4v) is 4.39. The van der Waals surface area contributed by atoms with Crippen LogP contribution in [0.4, 0.5) is 8.78 Å². The highest BCUT2D eigenvalue weighted by atomic mass is 32.2. The molecule has 2 aromatic rings. The molecule has 1 amide bonds. The maximum Gasteiger partial charge on any atom is 0.254 e. The molecule has 0 saturated carbocycles. The van der Waals surface area contributed by atoms with Gasteiger partial charge in [-0.15, -0.1) is 11.8 Å². The van der Waals surface area contributed by atoms with Crippen LogP contribution in [0.15, 0.2) is 41.0 Å². The number of amides is 1. The molecule has 0 aliphatic rings. The molecule has 2 unspecified atom stereocenters. The van der Waals surface area contributed by atoms with E-state index in [0.717, 1.165) is 30.7 Å². The van der Waals surface area contributed by atoms with Gasteiger partial charge in [-0.3, -0.25) is 9.59 Å². The molecule has 0 spiro atoms. The summed E-state index contributed by atoms with van der Waals surface area (Å²) < 4.78 is 32.5. The first-order chi connectivity index (χ1) is 15.8. The molecule has 0 fully saturated rings. The number of nitrogens with one attached hydrogen (secondary N) is 2. The van der Waals surface area contributed by atoms with Crippen LogP contribution in [0.25, 0.3) is 0 Å². The molecule has 182 valence electrons. The van der Waals surface area contributed by atoms with Crippen molar-refractivity contribution in [3.05, 3.63) is 59.6 Å². The Labute approximate surface area is 199 Å². The number of ketones is 1. The number of hydrogen-bond acceptors (Lipinski definition) is 5. The Bertz CT molecular complexity index is 875. The summed E-state index contributed by atoms with van der Waals surface area (Å²) in [6, 6.07) is 6.00. The highest BCUT2D eigenvalue weighted by molar-refractivity contribution is 7.99. The maximum atomic E-state index is 14.0. The van der Waals surface area contributed by atoms with E-state index in [0.29, 0.717) is 37.0 Å². The zero-order valence-corrected chi connectivity index (χ0v) is 20.4. The largest absolute Gasteiger partial charge is 0.468 e. The highest BCUT2D eigenvalue weighted by Gasteiger charge is 2.22. The fraction of sp³-hybridized carbons (Fsp3) is 0.520. The van der Waals surface area contributed by atoms with Crippen molar-refractivity contribution in [2.24, 2.45) is 5.92 Å². The first-order valence-electron chi connectivity index (χ1n) is 11.4. The number of furan rings is 1. The van der Waals surface area contributed by atoms with Crippen molar-refractivity contribution in [3.63, 3.8) is 0 Å². The van der Waals surface area contributed by atoms with Gasteiger partial charge in [-0.25, -0.2) is 8.78 Å². The summed E-state index contributed by atoms with van der Waals surface area (Å²) in [5.74, 6) is 0.00506. The van der Waals surface area contributed by atoms with Gasteiger partial charge in [0.15, 0.2) is 5.78 Å². The zero-order chi connectivity index (χ0) is 24.2. The Morgan fingerprint density at radius 3 is 2.61 bits per heavy atom. The van der Waals surface area contributed by atoms with E-state index in [4.69, 9.17) is 4.42 Å². The third-order valence-electron chi connectivity index (χ3n) is 5.18. The van der Waals surface area contributed by atoms with Crippen LogP contribution in [-0.2, 0) is 10.5 Å². The molecule has 5 nitrogen and oxygen atoms in total. The normalized spacial score (nSPS) is 13.2. The molecule has 2 rings (SSSR count). The van der Waals surface area contributed by atoms with E-state index < -0.39 is 17.5 Å². The second-order valence-electron chi connectivity index (χ2n) is 8.57.